The molecule has 0 aliphatic heterocycles. The van der Waals surface area contributed by atoms with Crippen LogP contribution in [0, 0.1) is 0 Å². The molecule has 5 nitrogen and oxygen atoms in total. The Balaban J connectivity index is 2.84. The van der Waals surface area contributed by atoms with E-state index in [4.69, 9.17) is 5.73 Å². The molecule has 88 valence electrons. The number of nitrogens with two attached hydrogens (primary N) is 1. The van der Waals surface area contributed by atoms with Crippen LogP contribution in [-0.4, -0.2) is 31.0 Å². The molecule has 1 rings (SSSR count). The van der Waals surface area contributed by atoms with Crippen molar-refractivity contribution >= 4 is 17.4 Å². The third-order valence-electron chi connectivity index (χ3n) is 2.24. The summed E-state index contributed by atoms with van der Waals surface area (Å²) >= 11 is 0. The van der Waals surface area contributed by atoms with Crippen LogP contribution in [0.1, 0.15) is 13.3 Å². The van der Waals surface area contributed by atoms with Crippen LogP contribution in [0.4, 0.5) is 11.5 Å². The summed E-state index contributed by atoms with van der Waals surface area (Å²) in [4.78, 5) is 17.7. The molecule has 0 saturated carbocycles. The monoisotopic (exact) mass is 222 g/mol. The van der Waals surface area contributed by atoms with E-state index in [0.717, 1.165) is 5.82 Å². The Labute approximate surface area is 95.7 Å². The van der Waals surface area contributed by atoms with Gasteiger partial charge in [-0.1, -0.05) is 6.92 Å². The van der Waals surface area contributed by atoms with Gasteiger partial charge in [-0.2, -0.15) is 0 Å². The molecule has 1 amide bonds. The summed E-state index contributed by atoms with van der Waals surface area (Å²) in [5.74, 6) is 0.540. The Hall–Kier alpha value is -1.62. The van der Waals surface area contributed by atoms with E-state index in [-0.39, 0.29) is 5.91 Å². The summed E-state index contributed by atoms with van der Waals surface area (Å²) in [7, 11) is 3.75. The van der Waals surface area contributed by atoms with Crippen LogP contribution in [0.3, 0.4) is 0 Å². The van der Waals surface area contributed by atoms with E-state index < -0.39 is 6.04 Å². The van der Waals surface area contributed by atoms with Crippen molar-refractivity contribution in [3.63, 3.8) is 0 Å². The van der Waals surface area contributed by atoms with Crippen LogP contribution in [0.2, 0.25) is 0 Å². The average molecular weight is 222 g/mol. The standard InChI is InChI=1S/C11H18N4O/c1-4-8(12)11(16)14-9-6-5-7-13-10(9)15(2)3/h5-8H,4,12H2,1-3H3,(H,14,16). The van der Waals surface area contributed by atoms with Gasteiger partial charge in [0.05, 0.1) is 11.7 Å². The van der Waals surface area contributed by atoms with Crippen molar-refractivity contribution in [2.75, 3.05) is 24.3 Å². The number of hydrogen-bond donors (Lipinski definition) is 2. The summed E-state index contributed by atoms with van der Waals surface area (Å²) in [5.41, 5.74) is 6.33. The first-order valence-corrected chi connectivity index (χ1v) is 5.25. The quantitative estimate of drug-likeness (QED) is 0.791. The molecule has 5 heteroatoms. The van der Waals surface area contributed by atoms with Crippen molar-refractivity contribution in [3.8, 4) is 0 Å². The van der Waals surface area contributed by atoms with Gasteiger partial charge >= 0.3 is 0 Å². The molecule has 0 fully saturated rings. The summed E-state index contributed by atoms with van der Waals surface area (Å²) < 4.78 is 0. The van der Waals surface area contributed by atoms with E-state index in [9.17, 15) is 4.79 Å². The van der Waals surface area contributed by atoms with Crippen LogP contribution in [0.25, 0.3) is 0 Å². The van der Waals surface area contributed by atoms with Crippen molar-refractivity contribution in [1.29, 1.82) is 0 Å². The topological polar surface area (TPSA) is 71.2 Å². The van der Waals surface area contributed by atoms with E-state index in [1.165, 1.54) is 0 Å². The minimum atomic E-state index is -0.477. The van der Waals surface area contributed by atoms with Gasteiger partial charge in [0.25, 0.3) is 0 Å². The number of aromatic nitrogens is 1. The zero-order chi connectivity index (χ0) is 12.1. The predicted octanol–water partition coefficient (Wildman–Crippen LogP) is 0.823. The highest BCUT2D eigenvalue weighted by molar-refractivity contribution is 5.96. The van der Waals surface area contributed by atoms with Crippen LogP contribution < -0.4 is 16.0 Å². The van der Waals surface area contributed by atoms with Gasteiger partial charge in [-0.25, -0.2) is 4.98 Å². The number of amides is 1. The molecule has 0 aromatic carbocycles. The highest BCUT2D eigenvalue weighted by atomic mass is 16.2. The molecule has 0 aliphatic carbocycles. The van der Waals surface area contributed by atoms with Crippen molar-refractivity contribution in [3.05, 3.63) is 18.3 Å². The second kappa shape index (κ2) is 5.46. The molecule has 0 saturated heterocycles. The Morgan fingerprint density at radius 1 is 1.62 bits per heavy atom. The van der Waals surface area contributed by atoms with Crippen LogP contribution in [0.5, 0.6) is 0 Å². The van der Waals surface area contributed by atoms with Crippen LogP contribution >= 0.6 is 0 Å². The van der Waals surface area contributed by atoms with Crippen molar-refractivity contribution < 1.29 is 4.79 Å². The van der Waals surface area contributed by atoms with Gasteiger partial charge in [0.1, 0.15) is 0 Å². The van der Waals surface area contributed by atoms with Gasteiger partial charge in [0.15, 0.2) is 5.82 Å². The molecule has 3 N–H and O–H groups in total. The van der Waals surface area contributed by atoms with Crippen LogP contribution in [-0.2, 0) is 4.79 Å². The maximum absolute atomic E-state index is 11.6. The lowest BCUT2D eigenvalue weighted by Crippen LogP contribution is -2.35. The molecule has 0 spiro atoms. The van der Waals surface area contributed by atoms with Gasteiger partial charge < -0.3 is 16.0 Å². The first kappa shape index (κ1) is 12.4. The fourth-order valence-corrected chi connectivity index (χ4v) is 1.26. The molecule has 1 heterocycles. The molecule has 1 aromatic heterocycles. The summed E-state index contributed by atoms with van der Waals surface area (Å²) in [6, 6.07) is 3.11. The Bertz CT molecular complexity index is 365. The van der Waals surface area contributed by atoms with E-state index in [2.05, 4.69) is 10.3 Å². The second-order valence-corrected chi connectivity index (χ2v) is 3.77. The molecule has 0 radical (unpaired) electrons. The Morgan fingerprint density at radius 2 is 2.31 bits per heavy atom. The number of pyridine rings is 1. The second-order valence-electron chi connectivity index (χ2n) is 3.77. The number of anilines is 2. The van der Waals surface area contributed by atoms with E-state index in [1.807, 2.05) is 32.0 Å². The van der Waals surface area contributed by atoms with E-state index in [0.29, 0.717) is 12.1 Å². The van der Waals surface area contributed by atoms with E-state index in [1.54, 1.807) is 12.3 Å². The lowest BCUT2D eigenvalue weighted by atomic mass is 10.2. The molecule has 0 bridgehead atoms. The Morgan fingerprint density at radius 3 is 2.88 bits per heavy atom. The largest absolute Gasteiger partial charge is 0.361 e. The molecular weight excluding hydrogens is 204 g/mol. The molecule has 0 aliphatic rings. The van der Waals surface area contributed by atoms with Gasteiger partial charge in [0.2, 0.25) is 5.91 Å². The third kappa shape index (κ3) is 2.93. The zero-order valence-electron chi connectivity index (χ0n) is 9.90. The molecule has 1 atom stereocenters. The zero-order valence-corrected chi connectivity index (χ0v) is 9.90. The maximum Gasteiger partial charge on any atom is 0.241 e. The molecule has 1 aromatic rings. The smallest absolute Gasteiger partial charge is 0.241 e. The molecule has 1 unspecified atom stereocenters. The van der Waals surface area contributed by atoms with Crippen LogP contribution in [0.15, 0.2) is 18.3 Å². The van der Waals surface area contributed by atoms with Crippen molar-refractivity contribution in [2.45, 2.75) is 19.4 Å². The van der Waals surface area contributed by atoms with Gasteiger partial charge in [-0.15, -0.1) is 0 Å². The first-order valence-electron chi connectivity index (χ1n) is 5.25. The molecular formula is C11H18N4O. The number of hydrogen-bond acceptors (Lipinski definition) is 4. The lowest BCUT2D eigenvalue weighted by Gasteiger charge is -2.17. The molecule has 16 heavy (non-hydrogen) atoms. The number of rotatable bonds is 4. The predicted molar refractivity (Wildman–Crippen MR) is 65.5 cm³/mol. The highest BCUT2D eigenvalue weighted by Gasteiger charge is 2.13. The minimum absolute atomic E-state index is 0.182. The SMILES string of the molecule is CCC(N)C(=O)Nc1cccnc1N(C)C. The third-order valence-corrected chi connectivity index (χ3v) is 2.24. The summed E-state index contributed by atoms with van der Waals surface area (Å²) in [6.45, 7) is 1.88. The number of carbonyl (C=O) groups excluding carboxylic acids is 1. The summed E-state index contributed by atoms with van der Waals surface area (Å²) in [5, 5.41) is 2.77. The van der Waals surface area contributed by atoms with Crippen molar-refractivity contribution in [1.82, 2.24) is 4.98 Å². The highest BCUT2D eigenvalue weighted by Crippen LogP contribution is 2.20. The normalized spacial score (nSPS) is 12.0. The first-order chi connectivity index (χ1) is 7.56. The van der Waals surface area contributed by atoms with Gasteiger partial charge in [0, 0.05) is 20.3 Å². The summed E-state index contributed by atoms with van der Waals surface area (Å²) in [6.07, 6.45) is 2.30. The fourth-order valence-electron chi connectivity index (χ4n) is 1.26. The van der Waals surface area contributed by atoms with Crippen molar-refractivity contribution in [2.24, 2.45) is 5.73 Å². The minimum Gasteiger partial charge on any atom is -0.361 e. The number of carbonyl (C=O) groups is 1. The Kier molecular flexibility index (Phi) is 4.25. The van der Waals surface area contributed by atoms with E-state index >= 15 is 0 Å². The fraction of sp³-hybridized carbons (Fsp3) is 0.455. The lowest BCUT2D eigenvalue weighted by molar-refractivity contribution is -0.117. The maximum atomic E-state index is 11.6. The number of nitrogens with zero attached hydrogens (tertiary/aromatic N) is 2. The number of nitrogens with one attached hydrogen (secondary N) is 1. The van der Waals surface area contributed by atoms with Gasteiger partial charge in [-0.3, -0.25) is 4.79 Å². The van der Waals surface area contributed by atoms with Gasteiger partial charge in [-0.05, 0) is 18.6 Å². The average Bonchev–Trinajstić information content (AvgIpc) is 2.28.